The van der Waals surface area contributed by atoms with Crippen LogP contribution in [0.2, 0.25) is 0 Å². The summed E-state index contributed by atoms with van der Waals surface area (Å²) < 4.78 is 0. The molecule has 0 aromatic carbocycles. The summed E-state index contributed by atoms with van der Waals surface area (Å²) in [7, 11) is 0. The molecule has 1 unspecified atom stereocenters. The molecule has 0 saturated carbocycles. The van der Waals surface area contributed by atoms with Crippen molar-refractivity contribution < 1.29 is 9.90 Å². The molecule has 0 aromatic rings. The third-order valence-corrected chi connectivity index (χ3v) is 3.82. The molecule has 1 saturated heterocycles. The van der Waals surface area contributed by atoms with E-state index in [1.54, 1.807) is 0 Å². The van der Waals surface area contributed by atoms with E-state index < -0.39 is 0 Å². The third-order valence-electron chi connectivity index (χ3n) is 3.82. The second-order valence-electron chi connectivity index (χ2n) is 5.93. The van der Waals surface area contributed by atoms with E-state index >= 15 is 0 Å². The fourth-order valence-corrected chi connectivity index (χ4v) is 2.52. The first-order valence-corrected chi connectivity index (χ1v) is 6.91. The number of aliphatic hydroxyl groups is 1. The molecule has 0 aliphatic carbocycles. The smallest absolute Gasteiger partial charge is 0.228 e. The minimum Gasteiger partial charge on any atom is -0.396 e. The Bertz CT molecular complexity index is 251. The maximum atomic E-state index is 12.4. The van der Waals surface area contributed by atoms with Gasteiger partial charge in [0.15, 0.2) is 0 Å². The first-order valence-electron chi connectivity index (χ1n) is 6.91. The highest BCUT2D eigenvalue weighted by molar-refractivity contribution is 5.82. The fraction of sp³-hybridized carbons (Fsp3) is 0.929. The molecule has 100 valence electrons. The Morgan fingerprint density at radius 1 is 1.41 bits per heavy atom. The number of rotatable bonds is 6. The summed E-state index contributed by atoms with van der Waals surface area (Å²) in [6, 6.07) is 0. The maximum Gasteiger partial charge on any atom is 0.228 e. The molecule has 0 radical (unpaired) electrons. The highest BCUT2D eigenvalue weighted by Gasteiger charge is 2.35. The Kier molecular flexibility index (Phi) is 5.44. The number of carbonyl (C=O) groups excluding carboxylic acids is 1. The van der Waals surface area contributed by atoms with Crippen LogP contribution in [0, 0.1) is 11.3 Å². The largest absolute Gasteiger partial charge is 0.396 e. The molecule has 1 atom stereocenters. The number of amides is 1. The lowest BCUT2D eigenvalue weighted by atomic mass is 9.85. The van der Waals surface area contributed by atoms with Crippen LogP contribution in [-0.2, 0) is 4.79 Å². The lowest BCUT2D eigenvalue weighted by Crippen LogP contribution is -2.39. The number of aliphatic hydroxyl groups excluding tert-OH is 1. The summed E-state index contributed by atoms with van der Waals surface area (Å²) in [5, 5.41) is 9.10. The van der Waals surface area contributed by atoms with E-state index in [0.717, 1.165) is 32.4 Å². The maximum absolute atomic E-state index is 12.4. The zero-order valence-electron chi connectivity index (χ0n) is 11.5. The molecular weight excluding hydrogens is 214 g/mol. The molecule has 3 heteroatoms. The summed E-state index contributed by atoms with van der Waals surface area (Å²) in [6.45, 7) is 8.06. The van der Waals surface area contributed by atoms with Gasteiger partial charge in [0.05, 0.1) is 0 Å². The third kappa shape index (κ3) is 3.98. The van der Waals surface area contributed by atoms with E-state index in [4.69, 9.17) is 5.11 Å². The van der Waals surface area contributed by atoms with Crippen molar-refractivity contribution >= 4 is 5.91 Å². The Morgan fingerprint density at radius 3 is 2.65 bits per heavy atom. The first kappa shape index (κ1) is 14.5. The van der Waals surface area contributed by atoms with Crippen molar-refractivity contribution in [3.63, 3.8) is 0 Å². The Hall–Kier alpha value is -0.570. The lowest BCUT2D eigenvalue weighted by molar-refractivity contribution is -0.139. The molecule has 0 aromatic heterocycles. The Balaban J connectivity index is 2.45. The SMILES string of the molecule is CCCCCC(C)(C)C(=O)N1CCC(CO)C1. The van der Waals surface area contributed by atoms with Crippen molar-refractivity contribution in [1.82, 2.24) is 4.90 Å². The summed E-state index contributed by atoms with van der Waals surface area (Å²) in [4.78, 5) is 14.3. The van der Waals surface area contributed by atoms with Crippen molar-refractivity contribution in [2.75, 3.05) is 19.7 Å². The van der Waals surface area contributed by atoms with E-state index in [2.05, 4.69) is 20.8 Å². The second kappa shape index (κ2) is 6.39. The van der Waals surface area contributed by atoms with Crippen LogP contribution in [0.5, 0.6) is 0 Å². The molecular formula is C14H27NO2. The van der Waals surface area contributed by atoms with Gasteiger partial charge in [0.25, 0.3) is 0 Å². The zero-order valence-corrected chi connectivity index (χ0v) is 11.5. The van der Waals surface area contributed by atoms with Gasteiger partial charge in [-0.3, -0.25) is 4.79 Å². The van der Waals surface area contributed by atoms with Crippen molar-refractivity contribution in [1.29, 1.82) is 0 Å². The normalized spacial score (nSPS) is 20.9. The summed E-state index contributed by atoms with van der Waals surface area (Å²) in [6.07, 6.45) is 5.45. The molecule has 17 heavy (non-hydrogen) atoms. The molecule has 0 spiro atoms. The number of unbranched alkanes of at least 4 members (excludes halogenated alkanes) is 2. The van der Waals surface area contributed by atoms with Gasteiger partial charge in [-0.05, 0) is 12.8 Å². The van der Waals surface area contributed by atoms with Gasteiger partial charge in [0.1, 0.15) is 0 Å². The molecule has 1 fully saturated rings. The molecule has 1 rings (SSSR count). The first-order chi connectivity index (χ1) is 8.01. The molecule has 1 amide bonds. The zero-order chi connectivity index (χ0) is 12.9. The van der Waals surface area contributed by atoms with Crippen LogP contribution in [0.3, 0.4) is 0 Å². The molecule has 1 aliphatic rings. The van der Waals surface area contributed by atoms with Gasteiger partial charge in [-0.15, -0.1) is 0 Å². The van der Waals surface area contributed by atoms with Gasteiger partial charge in [-0.25, -0.2) is 0 Å². The average molecular weight is 241 g/mol. The van der Waals surface area contributed by atoms with E-state index in [9.17, 15) is 4.79 Å². The minimum absolute atomic E-state index is 0.208. The molecule has 3 nitrogen and oxygen atoms in total. The van der Waals surface area contributed by atoms with E-state index in [-0.39, 0.29) is 17.9 Å². The predicted octanol–water partition coefficient (Wildman–Crippen LogP) is 2.43. The number of hydrogen-bond donors (Lipinski definition) is 1. The standard InChI is InChI=1S/C14H27NO2/c1-4-5-6-8-14(2,3)13(17)15-9-7-12(10-15)11-16/h12,16H,4-11H2,1-3H3. The van der Waals surface area contributed by atoms with Crippen molar-refractivity contribution in [2.45, 2.75) is 52.9 Å². The second-order valence-corrected chi connectivity index (χ2v) is 5.93. The Labute approximate surface area is 105 Å². The van der Waals surface area contributed by atoms with Crippen LogP contribution >= 0.6 is 0 Å². The average Bonchev–Trinajstić information content (AvgIpc) is 2.76. The monoisotopic (exact) mass is 241 g/mol. The van der Waals surface area contributed by atoms with Gasteiger partial charge in [-0.1, -0.05) is 40.0 Å². The van der Waals surface area contributed by atoms with Crippen molar-refractivity contribution in [3.8, 4) is 0 Å². The topological polar surface area (TPSA) is 40.5 Å². The van der Waals surface area contributed by atoms with Crippen LogP contribution in [0.1, 0.15) is 52.9 Å². The summed E-state index contributed by atoms with van der Waals surface area (Å²) >= 11 is 0. The highest BCUT2D eigenvalue weighted by Crippen LogP contribution is 2.29. The lowest BCUT2D eigenvalue weighted by Gasteiger charge is -2.29. The van der Waals surface area contributed by atoms with Gasteiger partial charge >= 0.3 is 0 Å². The molecule has 1 N–H and O–H groups in total. The van der Waals surface area contributed by atoms with Gasteiger partial charge in [0.2, 0.25) is 5.91 Å². The number of hydrogen-bond acceptors (Lipinski definition) is 2. The quantitative estimate of drug-likeness (QED) is 0.726. The molecule has 0 bridgehead atoms. The van der Waals surface area contributed by atoms with Gasteiger partial charge in [-0.2, -0.15) is 0 Å². The summed E-state index contributed by atoms with van der Waals surface area (Å²) in [5.41, 5.74) is -0.237. The predicted molar refractivity (Wildman–Crippen MR) is 69.7 cm³/mol. The van der Waals surface area contributed by atoms with Crippen molar-refractivity contribution in [3.05, 3.63) is 0 Å². The van der Waals surface area contributed by atoms with Crippen LogP contribution in [0.4, 0.5) is 0 Å². The molecule has 1 aliphatic heterocycles. The summed E-state index contributed by atoms with van der Waals surface area (Å²) in [5.74, 6) is 0.565. The number of carbonyl (C=O) groups is 1. The van der Waals surface area contributed by atoms with E-state index in [1.165, 1.54) is 12.8 Å². The van der Waals surface area contributed by atoms with Crippen molar-refractivity contribution in [2.24, 2.45) is 11.3 Å². The van der Waals surface area contributed by atoms with Crippen LogP contribution in [-0.4, -0.2) is 35.6 Å². The van der Waals surface area contributed by atoms with Gasteiger partial charge in [0, 0.05) is 31.0 Å². The number of nitrogens with zero attached hydrogens (tertiary/aromatic N) is 1. The van der Waals surface area contributed by atoms with Crippen LogP contribution < -0.4 is 0 Å². The fourth-order valence-electron chi connectivity index (χ4n) is 2.52. The number of likely N-dealkylation sites (tertiary alicyclic amines) is 1. The van der Waals surface area contributed by atoms with E-state index in [1.807, 2.05) is 4.90 Å². The Morgan fingerprint density at radius 2 is 2.12 bits per heavy atom. The van der Waals surface area contributed by atoms with E-state index in [0.29, 0.717) is 5.92 Å². The van der Waals surface area contributed by atoms with Crippen LogP contribution in [0.25, 0.3) is 0 Å². The highest BCUT2D eigenvalue weighted by atomic mass is 16.3. The molecule has 1 heterocycles. The van der Waals surface area contributed by atoms with Gasteiger partial charge < -0.3 is 10.0 Å². The van der Waals surface area contributed by atoms with Crippen LogP contribution in [0.15, 0.2) is 0 Å². The minimum atomic E-state index is -0.237.